The molecule has 0 heterocycles. The maximum atomic E-state index is 13.4. The van der Waals surface area contributed by atoms with Crippen molar-refractivity contribution in [2.24, 2.45) is 0 Å². The summed E-state index contributed by atoms with van der Waals surface area (Å²) in [6.45, 7) is 7.52. The smallest absolute Gasteiger partial charge is 0.219 e. The van der Waals surface area contributed by atoms with E-state index >= 15 is 0 Å². The van der Waals surface area contributed by atoms with Crippen LogP contribution in [0.3, 0.4) is 0 Å². The van der Waals surface area contributed by atoms with E-state index in [2.05, 4.69) is 4.72 Å². The van der Waals surface area contributed by atoms with Crippen LogP contribution in [0.25, 0.3) is 0 Å². The predicted molar refractivity (Wildman–Crippen MR) is 119 cm³/mol. The molecule has 170 valence electrons. The number of hydrogen-bond donors (Lipinski definition) is 1. The minimum absolute atomic E-state index is 0.000475. The topological polar surface area (TPSA) is 80.3 Å². The molecule has 1 aliphatic carbocycles. The van der Waals surface area contributed by atoms with E-state index < -0.39 is 25.7 Å². The molecule has 0 radical (unpaired) electrons. The Labute approximate surface area is 185 Å². The normalized spacial score (nSPS) is 15.8. The van der Waals surface area contributed by atoms with E-state index in [0.29, 0.717) is 11.1 Å². The number of benzene rings is 2. The van der Waals surface area contributed by atoms with E-state index in [1.165, 1.54) is 18.2 Å². The van der Waals surface area contributed by atoms with Crippen molar-refractivity contribution in [2.75, 3.05) is 0 Å². The van der Waals surface area contributed by atoms with Gasteiger partial charge in [-0.3, -0.25) is 0 Å². The number of nitrogens with one attached hydrogen (secondary N) is 1. The molecule has 1 aliphatic rings. The summed E-state index contributed by atoms with van der Waals surface area (Å²) >= 11 is 0. The molecule has 2 aromatic carbocycles. The maximum absolute atomic E-state index is 13.4. The zero-order valence-electron chi connectivity index (χ0n) is 18.4. The third-order valence-electron chi connectivity index (χ3n) is 5.77. The Balaban J connectivity index is 2.23. The van der Waals surface area contributed by atoms with Gasteiger partial charge >= 0.3 is 0 Å². The molecule has 0 aliphatic heterocycles. The molecule has 5 nitrogen and oxygen atoms in total. The summed E-state index contributed by atoms with van der Waals surface area (Å²) in [7, 11) is -7.95. The van der Waals surface area contributed by atoms with E-state index in [4.69, 9.17) is 0 Å². The molecule has 8 heteroatoms. The first-order valence-corrected chi connectivity index (χ1v) is 13.6. The Hall–Kier alpha value is -1.77. The predicted octanol–water partition coefficient (Wildman–Crippen LogP) is 5.13. The zero-order chi connectivity index (χ0) is 23.0. The largest absolute Gasteiger partial charge is 0.241 e. The SMILES string of the molecule is CC(C)c1cc(C(C)C)c(S(=O)(=O)c2ccc(F)cc2)cc1S(=O)(=O)NC1CCCC1. The lowest BCUT2D eigenvalue weighted by molar-refractivity contribution is 0.549. The van der Waals surface area contributed by atoms with Crippen molar-refractivity contribution >= 4 is 19.9 Å². The van der Waals surface area contributed by atoms with Gasteiger partial charge in [0, 0.05) is 6.04 Å². The minimum Gasteiger partial charge on any atom is -0.219 e. The second kappa shape index (κ2) is 9.00. The van der Waals surface area contributed by atoms with Gasteiger partial charge in [0.25, 0.3) is 0 Å². The maximum Gasteiger partial charge on any atom is 0.241 e. The van der Waals surface area contributed by atoms with Crippen molar-refractivity contribution in [3.8, 4) is 0 Å². The molecule has 0 saturated heterocycles. The van der Waals surface area contributed by atoms with E-state index in [9.17, 15) is 21.2 Å². The van der Waals surface area contributed by atoms with Crippen LogP contribution in [-0.2, 0) is 19.9 Å². The molecule has 1 N–H and O–H groups in total. The lowest BCUT2D eigenvalue weighted by Crippen LogP contribution is -2.33. The van der Waals surface area contributed by atoms with Crippen molar-refractivity contribution < 1.29 is 21.2 Å². The Morgan fingerprint density at radius 2 is 1.35 bits per heavy atom. The lowest BCUT2D eigenvalue weighted by Gasteiger charge is -2.22. The summed E-state index contributed by atoms with van der Waals surface area (Å²) in [5.41, 5.74) is 1.14. The highest BCUT2D eigenvalue weighted by molar-refractivity contribution is 7.91. The van der Waals surface area contributed by atoms with Crippen LogP contribution in [0.5, 0.6) is 0 Å². The van der Waals surface area contributed by atoms with Crippen LogP contribution >= 0.6 is 0 Å². The molecule has 1 fully saturated rings. The Morgan fingerprint density at radius 1 is 0.839 bits per heavy atom. The van der Waals surface area contributed by atoms with Gasteiger partial charge in [0.05, 0.1) is 14.7 Å². The third-order valence-corrected chi connectivity index (χ3v) is 9.17. The quantitative estimate of drug-likeness (QED) is 0.573. The Bertz CT molecular complexity index is 1150. The molecule has 2 aromatic rings. The summed E-state index contributed by atoms with van der Waals surface area (Å²) in [5, 5.41) is 0. The molecule has 0 atom stereocenters. The van der Waals surface area contributed by atoms with E-state index in [0.717, 1.165) is 37.8 Å². The number of halogens is 1. The van der Waals surface area contributed by atoms with Crippen LogP contribution in [-0.4, -0.2) is 22.9 Å². The number of rotatable bonds is 7. The molecule has 31 heavy (non-hydrogen) atoms. The minimum atomic E-state index is -4.04. The monoisotopic (exact) mass is 467 g/mol. The lowest BCUT2D eigenvalue weighted by atomic mass is 9.95. The molecule has 3 rings (SSSR count). The fourth-order valence-electron chi connectivity index (χ4n) is 4.03. The Kier molecular flexibility index (Phi) is 6.93. The van der Waals surface area contributed by atoms with Crippen molar-refractivity contribution in [1.82, 2.24) is 4.72 Å². The van der Waals surface area contributed by atoms with Crippen molar-refractivity contribution in [3.63, 3.8) is 0 Å². The second-order valence-corrected chi connectivity index (χ2v) is 12.4. The van der Waals surface area contributed by atoms with E-state index in [-0.39, 0.29) is 32.6 Å². The van der Waals surface area contributed by atoms with Gasteiger partial charge in [0.2, 0.25) is 19.9 Å². The number of hydrogen-bond acceptors (Lipinski definition) is 4. The molecule has 0 aromatic heterocycles. The van der Waals surface area contributed by atoms with Crippen LogP contribution in [0.1, 0.15) is 76.3 Å². The summed E-state index contributed by atoms with van der Waals surface area (Å²) < 4.78 is 69.6. The number of sulfone groups is 1. The first-order chi connectivity index (χ1) is 14.4. The van der Waals surface area contributed by atoms with Gasteiger partial charge in [-0.25, -0.2) is 25.9 Å². The summed E-state index contributed by atoms with van der Waals surface area (Å²) in [6, 6.07) is 7.45. The van der Waals surface area contributed by atoms with Crippen molar-refractivity contribution in [1.29, 1.82) is 0 Å². The molecule has 0 bridgehead atoms. The number of sulfonamides is 1. The first kappa shape index (κ1) is 23.9. The Morgan fingerprint density at radius 3 is 1.87 bits per heavy atom. The van der Waals surface area contributed by atoms with Gasteiger partial charge in [0.15, 0.2) is 0 Å². The van der Waals surface area contributed by atoms with Gasteiger partial charge in [-0.1, -0.05) is 46.6 Å². The van der Waals surface area contributed by atoms with Crippen molar-refractivity contribution in [2.45, 2.75) is 85.9 Å². The van der Waals surface area contributed by atoms with Crippen molar-refractivity contribution in [3.05, 3.63) is 53.3 Å². The zero-order valence-corrected chi connectivity index (χ0v) is 20.0. The molecule has 0 amide bonds. The van der Waals surface area contributed by atoms with Crippen LogP contribution in [0.15, 0.2) is 51.1 Å². The first-order valence-electron chi connectivity index (χ1n) is 10.6. The molecular weight excluding hydrogens is 437 g/mol. The summed E-state index contributed by atoms with van der Waals surface area (Å²) in [4.78, 5) is -0.120. The highest BCUT2D eigenvalue weighted by atomic mass is 32.2. The van der Waals surface area contributed by atoms with Gasteiger partial charge in [-0.2, -0.15) is 0 Å². The van der Waals surface area contributed by atoms with Crippen LogP contribution in [0.2, 0.25) is 0 Å². The summed E-state index contributed by atoms with van der Waals surface area (Å²) in [5.74, 6) is -0.806. The third kappa shape index (κ3) is 5.02. The second-order valence-electron chi connectivity index (χ2n) is 8.80. The van der Waals surface area contributed by atoms with Gasteiger partial charge in [-0.15, -0.1) is 0 Å². The molecular formula is C23H30FNO4S2. The highest BCUT2D eigenvalue weighted by Crippen LogP contribution is 2.36. The molecule has 1 saturated carbocycles. The molecule has 0 unspecified atom stereocenters. The van der Waals surface area contributed by atoms with Gasteiger partial charge in [-0.05, 0) is 66.1 Å². The fraction of sp³-hybridized carbons (Fsp3) is 0.478. The summed E-state index contributed by atoms with van der Waals surface area (Å²) in [6.07, 6.45) is 3.50. The van der Waals surface area contributed by atoms with Crippen LogP contribution in [0, 0.1) is 5.82 Å². The van der Waals surface area contributed by atoms with E-state index in [1.54, 1.807) is 6.07 Å². The average Bonchev–Trinajstić information content (AvgIpc) is 3.19. The molecule has 0 spiro atoms. The highest BCUT2D eigenvalue weighted by Gasteiger charge is 2.31. The van der Waals surface area contributed by atoms with E-state index in [1.807, 2.05) is 27.7 Å². The van der Waals surface area contributed by atoms with Gasteiger partial charge in [0.1, 0.15) is 5.82 Å². The van der Waals surface area contributed by atoms with Gasteiger partial charge < -0.3 is 0 Å². The van der Waals surface area contributed by atoms with Crippen LogP contribution < -0.4 is 4.72 Å². The fourth-order valence-corrected chi connectivity index (χ4v) is 7.41. The average molecular weight is 468 g/mol. The van der Waals surface area contributed by atoms with Crippen LogP contribution in [0.4, 0.5) is 4.39 Å². The standard InChI is InChI=1S/C23H30FNO4S2/c1-15(2)20-13-21(16(3)4)23(31(28,29)25-18-7-5-6-8-18)14-22(20)30(26,27)19-11-9-17(24)10-12-19/h9-16,18,25H,5-8H2,1-4H3.